The molecule has 3 fully saturated rings. The first-order valence-electron chi connectivity index (χ1n) is 15.0. The van der Waals surface area contributed by atoms with Crippen molar-refractivity contribution < 1.29 is 14.0 Å². The van der Waals surface area contributed by atoms with E-state index in [1.54, 1.807) is 23.4 Å². The molecule has 2 bridgehead atoms. The first kappa shape index (κ1) is 27.6. The minimum Gasteiger partial charge on any atom is -0.337 e. The van der Waals surface area contributed by atoms with Gasteiger partial charge in [0.2, 0.25) is 5.91 Å². The van der Waals surface area contributed by atoms with Gasteiger partial charge in [0.25, 0.3) is 5.91 Å². The van der Waals surface area contributed by atoms with Crippen LogP contribution in [0.15, 0.2) is 48.9 Å². The minimum atomic E-state index is -0.445. The van der Waals surface area contributed by atoms with E-state index in [4.69, 9.17) is 0 Å². The Bertz CT molecular complexity index is 1490. The van der Waals surface area contributed by atoms with Crippen LogP contribution in [0.1, 0.15) is 75.7 Å². The summed E-state index contributed by atoms with van der Waals surface area (Å²) >= 11 is 0. The van der Waals surface area contributed by atoms with Crippen molar-refractivity contribution in [3.05, 3.63) is 65.9 Å². The Morgan fingerprint density at radius 3 is 2.46 bits per heavy atom. The van der Waals surface area contributed by atoms with Gasteiger partial charge in [-0.25, -0.2) is 4.39 Å². The van der Waals surface area contributed by atoms with E-state index in [0.29, 0.717) is 36.3 Å². The second-order valence-corrected chi connectivity index (χ2v) is 12.4. The van der Waals surface area contributed by atoms with Crippen molar-refractivity contribution >= 4 is 28.3 Å². The molecule has 2 saturated heterocycles. The molecule has 41 heavy (non-hydrogen) atoms. The summed E-state index contributed by atoms with van der Waals surface area (Å²) in [6, 6.07) is 6.78. The molecule has 2 amide bonds. The molecule has 0 radical (unpaired) electrons. The minimum absolute atomic E-state index is 0.0331. The standard InChI is InChI=1S/C33H40FN5O2/c1-20(2)39(21(3)4)32(40)27-17-24(34)7-10-29(27)38-19-28(26-11-14-35-18-30(26)38)22-12-15-37(16-13-22)33(41)31-23-5-8-25(36-31)9-6-23/h7,10-12,14,17-21,23,25,31,36H,5-6,8-9,13,15-16H2,1-4H3/t23?,25?,31-/m0/s1. The predicted octanol–water partition coefficient (Wildman–Crippen LogP) is 5.57. The summed E-state index contributed by atoms with van der Waals surface area (Å²) in [5, 5.41) is 4.62. The number of hydrogen-bond donors (Lipinski definition) is 1. The van der Waals surface area contributed by atoms with Crippen molar-refractivity contribution in [1.29, 1.82) is 0 Å². The van der Waals surface area contributed by atoms with Crippen molar-refractivity contribution in [2.75, 3.05) is 13.1 Å². The second kappa shape index (κ2) is 11.0. The lowest BCUT2D eigenvalue weighted by atomic mass is 9.76. The third-order valence-electron chi connectivity index (χ3n) is 9.19. The molecule has 1 atom stereocenters. The SMILES string of the molecule is CC(C)N(C(=O)c1cc(F)ccc1-n1cc(C2=CCN(C(=O)[C@H]3NC4CCC3CC4)CC2)c2ccncc21)C(C)C. The van der Waals surface area contributed by atoms with Crippen LogP contribution in [-0.2, 0) is 4.79 Å². The molecular weight excluding hydrogens is 517 g/mol. The molecule has 4 aliphatic rings. The van der Waals surface area contributed by atoms with E-state index in [9.17, 15) is 14.0 Å². The smallest absolute Gasteiger partial charge is 0.256 e. The number of nitrogens with zero attached hydrogens (tertiary/aromatic N) is 4. The largest absolute Gasteiger partial charge is 0.337 e. The molecule has 5 heterocycles. The fourth-order valence-electron chi connectivity index (χ4n) is 7.22. The zero-order valence-electron chi connectivity index (χ0n) is 24.4. The van der Waals surface area contributed by atoms with Gasteiger partial charge in [-0.15, -0.1) is 0 Å². The van der Waals surface area contributed by atoms with Gasteiger partial charge in [-0.2, -0.15) is 0 Å². The Kier molecular flexibility index (Phi) is 7.45. The lowest BCUT2D eigenvalue weighted by Crippen LogP contribution is -2.59. The van der Waals surface area contributed by atoms with Crippen LogP contribution in [0.3, 0.4) is 0 Å². The van der Waals surface area contributed by atoms with E-state index in [-0.39, 0.29) is 29.9 Å². The fourth-order valence-corrected chi connectivity index (χ4v) is 7.22. The molecule has 1 aliphatic carbocycles. The monoisotopic (exact) mass is 557 g/mol. The highest BCUT2D eigenvalue weighted by molar-refractivity contribution is 6.00. The van der Waals surface area contributed by atoms with Crippen LogP contribution in [0.25, 0.3) is 22.2 Å². The molecule has 2 aromatic heterocycles. The van der Waals surface area contributed by atoms with Gasteiger partial charge in [0, 0.05) is 54.6 Å². The Balaban J connectivity index is 1.33. The van der Waals surface area contributed by atoms with Gasteiger partial charge in [-0.05, 0) is 95.6 Å². The average Bonchev–Trinajstić information content (AvgIpc) is 3.36. The van der Waals surface area contributed by atoms with Crippen molar-refractivity contribution in [1.82, 2.24) is 24.7 Å². The number of rotatable bonds is 6. The van der Waals surface area contributed by atoms with Crippen LogP contribution in [0.5, 0.6) is 0 Å². The molecule has 3 aromatic rings. The van der Waals surface area contributed by atoms with Crippen LogP contribution in [0, 0.1) is 11.7 Å². The van der Waals surface area contributed by atoms with Crippen molar-refractivity contribution in [2.24, 2.45) is 5.92 Å². The summed E-state index contributed by atoms with van der Waals surface area (Å²) in [7, 11) is 0. The summed E-state index contributed by atoms with van der Waals surface area (Å²) in [6.07, 6.45) is 13.2. The second-order valence-electron chi connectivity index (χ2n) is 12.4. The number of halogens is 1. The topological polar surface area (TPSA) is 70.5 Å². The van der Waals surface area contributed by atoms with Gasteiger partial charge in [-0.3, -0.25) is 14.6 Å². The Morgan fingerprint density at radius 1 is 1.07 bits per heavy atom. The molecule has 8 heteroatoms. The maximum atomic E-state index is 14.5. The fraction of sp³-hybridized carbons (Fsp3) is 0.485. The highest BCUT2D eigenvalue weighted by atomic mass is 19.1. The molecule has 1 N–H and O–H groups in total. The molecule has 1 aromatic carbocycles. The van der Waals surface area contributed by atoms with E-state index >= 15 is 0 Å². The van der Waals surface area contributed by atoms with Gasteiger partial charge in [0.15, 0.2) is 0 Å². The Hall–Kier alpha value is -3.52. The van der Waals surface area contributed by atoms with Crippen LogP contribution in [0.4, 0.5) is 4.39 Å². The zero-order chi connectivity index (χ0) is 28.8. The van der Waals surface area contributed by atoms with Crippen LogP contribution < -0.4 is 5.32 Å². The molecule has 3 aliphatic heterocycles. The zero-order valence-corrected chi connectivity index (χ0v) is 24.4. The normalized spacial score (nSPS) is 22.5. The van der Waals surface area contributed by atoms with Crippen LogP contribution >= 0.6 is 0 Å². The average molecular weight is 558 g/mol. The summed E-state index contributed by atoms with van der Waals surface area (Å²) < 4.78 is 16.5. The molecule has 216 valence electrons. The van der Waals surface area contributed by atoms with E-state index in [2.05, 4.69) is 16.4 Å². The number of fused-ring (bicyclic) bond motifs is 4. The van der Waals surface area contributed by atoms with E-state index < -0.39 is 5.82 Å². The van der Waals surface area contributed by atoms with Gasteiger partial charge >= 0.3 is 0 Å². The number of nitrogens with one attached hydrogen (secondary N) is 1. The lowest BCUT2D eigenvalue weighted by molar-refractivity contribution is -0.136. The maximum absolute atomic E-state index is 14.5. The molecule has 7 rings (SSSR count). The van der Waals surface area contributed by atoms with Crippen LogP contribution in [-0.4, -0.2) is 68.4 Å². The van der Waals surface area contributed by atoms with Crippen molar-refractivity contribution in [3.63, 3.8) is 0 Å². The summed E-state index contributed by atoms with van der Waals surface area (Å²) in [6.45, 7) is 9.16. The highest BCUT2D eigenvalue weighted by Gasteiger charge is 2.40. The number of aromatic nitrogens is 2. The number of piperidine rings is 2. The lowest BCUT2D eigenvalue weighted by Gasteiger charge is -2.44. The summed E-state index contributed by atoms with van der Waals surface area (Å²) in [4.78, 5) is 35.3. The van der Waals surface area contributed by atoms with E-state index in [1.165, 1.54) is 30.5 Å². The molecule has 0 unspecified atom stereocenters. The highest BCUT2D eigenvalue weighted by Crippen LogP contribution is 2.36. The number of amides is 2. The number of hydrogen-bond acceptors (Lipinski definition) is 4. The summed E-state index contributed by atoms with van der Waals surface area (Å²) in [5.74, 6) is 0.0431. The Morgan fingerprint density at radius 2 is 1.83 bits per heavy atom. The number of carbonyl (C=O) groups is 2. The summed E-state index contributed by atoms with van der Waals surface area (Å²) in [5.41, 5.74) is 4.02. The third kappa shape index (κ3) is 5.07. The van der Waals surface area contributed by atoms with Gasteiger partial charge < -0.3 is 19.7 Å². The van der Waals surface area contributed by atoms with Gasteiger partial charge in [-0.1, -0.05) is 6.08 Å². The number of pyridine rings is 1. The van der Waals surface area contributed by atoms with E-state index in [0.717, 1.165) is 35.7 Å². The first-order valence-corrected chi connectivity index (χ1v) is 15.0. The van der Waals surface area contributed by atoms with Gasteiger partial charge in [0.05, 0.1) is 29.0 Å². The van der Waals surface area contributed by atoms with Crippen LogP contribution in [0.2, 0.25) is 0 Å². The molecular formula is C33H40FN5O2. The number of benzene rings is 1. The van der Waals surface area contributed by atoms with Gasteiger partial charge in [0.1, 0.15) is 5.82 Å². The van der Waals surface area contributed by atoms with Crippen molar-refractivity contribution in [2.45, 2.75) is 84.0 Å². The predicted molar refractivity (Wildman–Crippen MR) is 159 cm³/mol. The Labute approximate surface area is 241 Å². The third-order valence-corrected chi connectivity index (χ3v) is 9.19. The maximum Gasteiger partial charge on any atom is 0.256 e. The molecule has 7 nitrogen and oxygen atoms in total. The molecule has 1 saturated carbocycles. The first-order chi connectivity index (χ1) is 19.7. The quantitative estimate of drug-likeness (QED) is 0.430. The van der Waals surface area contributed by atoms with E-state index in [1.807, 2.05) is 49.4 Å². The van der Waals surface area contributed by atoms with Crippen molar-refractivity contribution in [3.8, 4) is 5.69 Å². The number of carbonyl (C=O) groups excluding carboxylic acids is 2. The molecule has 0 spiro atoms.